The molecule has 1 heterocycles. The molecule has 142 valence electrons. The number of aromatic amines is 1. The van der Waals surface area contributed by atoms with Crippen LogP contribution in [0.5, 0.6) is 5.75 Å². The highest BCUT2D eigenvalue weighted by atomic mass is 16.5. The predicted octanol–water partition coefficient (Wildman–Crippen LogP) is 4.13. The standard InChI is InChI=1S/C22H22N4O2/c1-15-10-11-18(13-16(15)2)19-14-20(25-24-19)22(27)26-23-12-6-8-17-7-4-5-9-21(17)28-3/h4-14H,1-3H3,(H,24,25)(H,26,27)/b8-6+,23-12+. The summed E-state index contributed by atoms with van der Waals surface area (Å²) in [7, 11) is 1.62. The number of nitrogens with one attached hydrogen (secondary N) is 2. The van der Waals surface area contributed by atoms with Crippen LogP contribution in [0.2, 0.25) is 0 Å². The van der Waals surface area contributed by atoms with E-state index in [0.29, 0.717) is 11.4 Å². The highest BCUT2D eigenvalue weighted by Gasteiger charge is 2.10. The Kier molecular flexibility index (Phi) is 6.01. The van der Waals surface area contributed by atoms with Gasteiger partial charge in [0.1, 0.15) is 11.4 Å². The van der Waals surface area contributed by atoms with Gasteiger partial charge in [-0.15, -0.1) is 0 Å². The van der Waals surface area contributed by atoms with E-state index in [9.17, 15) is 4.79 Å². The fraction of sp³-hybridized carbons (Fsp3) is 0.136. The monoisotopic (exact) mass is 374 g/mol. The van der Waals surface area contributed by atoms with Gasteiger partial charge >= 0.3 is 0 Å². The number of aromatic nitrogens is 2. The first-order valence-electron chi connectivity index (χ1n) is 8.84. The number of allylic oxidation sites excluding steroid dienone is 1. The number of rotatable bonds is 6. The van der Waals surface area contributed by atoms with Gasteiger partial charge in [0.25, 0.3) is 5.91 Å². The lowest BCUT2D eigenvalue weighted by atomic mass is 10.0. The maximum atomic E-state index is 12.2. The van der Waals surface area contributed by atoms with Gasteiger partial charge in [0.15, 0.2) is 0 Å². The van der Waals surface area contributed by atoms with E-state index in [0.717, 1.165) is 16.9 Å². The average Bonchev–Trinajstić information content (AvgIpc) is 3.20. The molecule has 0 fully saturated rings. The van der Waals surface area contributed by atoms with Crippen molar-refractivity contribution in [1.82, 2.24) is 15.6 Å². The molecule has 0 saturated carbocycles. The van der Waals surface area contributed by atoms with Crippen LogP contribution in [-0.2, 0) is 0 Å². The number of aryl methyl sites for hydroxylation is 2. The zero-order valence-electron chi connectivity index (χ0n) is 16.1. The van der Waals surface area contributed by atoms with E-state index >= 15 is 0 Å². The lowest BCUT2D eigenvalue weighted by molar-refractivity contribution is 0.0950. The maximum absolute atomic E-state index is 12.2. The third-order valence-corrected chi connectivity index (χ3v) is 4.37. The number of methoxy groups -OCH3 is 1. The van der Waals surface area contributed by atoms with Crippen molar-refractivity contribution in [1.29, 1.82) is 0 Å². The number of hydrogen-bond acceptors (Lipinski definition) is 4. The zero-order chi connectivity index (χ0) is 19.9. The summed E-state index contributed by atoms with van der Waals surface area (Å²) in [5.41, 5.74) is 7.82. The Labute approximate surface area is 163 Å². The fourth-order valence-corrected chi connectivity index (χ4v) is 2.64. The molecular weight excluding hydrogens is 352 g/mol. The molecule has 0 bridgehead atoms. The van der Waals surface area contributed by atoms with Gasteiger partial charge in [0.05, 0.1) is 12.8 Å². The minimum Gasteiger partial charge on any atom is -0.496 e. The number of hydrogen-bond donors (Lipinski definition) is 2. The maximum Gasteiger partial charge on any atom is 0.289 e. The molecule has 28 heavy (non-hydrogen) atoms. The van der Waals surface area contributed by atoms with E-state index in [1.165, 1.54) is 17.3 Å². The number of ether oxygens (including phenoxy) is 1. The molecule has 0 spiro atoms. The highest BCUT2D eigenvalue weighted by Crippen LogP contribution is 2.21. The Balaban J connectivity index is 1.61. The Hall–Kier alpha value is -3.67. The Morgan fingerprint density at radius 1 is 1.14 bits per heavy atom. The molecule has 0 radical (unpaired) electrons. The first kappa shape index (κ1) is 19.1. The van der Waals surface area contributed by atoms with Gasteiger partial charge < -0.3 is 4.74 Å². The van der Waals surface area contributed by atoms with E-state index in [-0.39, 0.29) is 5.91 Å². The van der Waals surface area contributed by atoms with Crippen molar-refractivity contribution in [3.8, 4) is 17.0 Å². The van der Waals surface area contributed by atoms with E-state index in [1.54, 1.807) is 19.3 Å². The summed E-state index contributed by atoms with van der Waals surface area (Å²) < 4.78 is 5.27. The molecule has 1 aromatic heterocycles. The second kappa shape index (κ2) is 8.81. The number of benzene rings is 2. The van der Waals surface area contributed by atoms with Gasteiger partial charge in [-0.05, 0) is 55.3 Å². The van der Waals surface area contributed by atoms with Gasteiger partial charge in [-0.25, -0.2) is 5.43 Å². The summed E-state index contributed by atoms with van der Waals surface area (Å²) in [5, 5.41) is 10.9. The number of hydrazone groups is 1. The van der Waals surface area contributed by atoms with Gasteiger partial charge in [-0.3, -0.25) is 9.89 Å². The first-order chi connectivity index (χ1) is 13.6. The van der Waals surface area contributed by atoms with Gasteiger partial charge in [0, 0.05) is 17.3 Å². The molecule has 2 N–H and O–H groups in total. The minimum absolute atomic E-state index is 0.346. The molecular formula is C22H22N4O2. The second-order valence-corrected chi connectivity index (χ2v) is 6.29. The smallest absolute Gasteiger partial charge is 0.289 e. The van der Waals surface area contributed by atoms with Crippen LogP contribution in [0.4, 0.5) is 0 Å². The van der Waals surface area contributed by atoms with Crippen molar-refractivity contribution in [3.63, 3.8) is 0 Å². The SMILES string of the molecule is COc1ccccc1/C=C/C=N/NC(=O)c1cc(-c2ccc(C)c(C)c2)n[nH]1. The first-order valence-corrected chi connectivity index (χ1v) is 8.84. The molecule has 0 atom stereocenters. The van der Waals surface area contributed by atoms with Gasteiger partial charge in [0.2, 0.25) is 0 Å². The number of para-hydroxylation sites is 1. The fourth-order valence-electron chi connectivity index (χ4n) is 2.64. The third-order valence-electron chi connectivity index (χ3n) is 4.37. The molecule has 6 heteroatoms. The summed E-state index contributed by atoms with van der Waals surface area (Å²) in [6, 6.07) is 15.4. The Bertz CT molecular complexity index is 1030. The largest absolute Gasteiger partial charge is 0.496 e. The Morgan fingerprint density at radius 3 is 2.75 bits per heavy atom. The number of carbonyl (C=O) groups excluding carboxylic acids is 1. The van der Waals surface area contributed by atoms with Crippen molar-refractivity contribution >= 4 is 18.2 Å². The van der Waals surface area contributed by atoms with Crippen molar-refractivity contribution < 1.29 is 9.53 Å². The van der Waals surface area contributed by atoms with Crippen LogP contribution in [-0.4, -0.2) is 29.4 Å². The topological polar surface area (TPSA) is 79.4 Å². The quantitative estimate of drug-likeness (QED) is 0.503. The molecule has 0 aliphatic heterocycles. The third kappa shape index (κ3) is 4.54. The highest BCUT2D eigenvalue weighted by molar-refractivity contribution is 5.94. The normalized spacial score (nSPS) is 11.2. The average molecular weight is 374 g/mol. The van der Waals surface area contributed by atoms with E-state index in [1.807, 2.05) is 55.5 Å². The molecule has 0 saturated heterocycles. The molecule has 3 aromatic rings. The van der Waals surface area contributed by atoms with E-state index in [2.05, 4.69) is 27.6 Å². The molecule has 6 nitrogen and oxygen atoms in total. The van der Waals surface area contributed by atoms with Crippen LogP contribution < -0.4 is 10.2 Å². The molecule has 0 aliphatic rings. The predicted molar refractivity (Wildman–Crippen MR) is 111 cm³/mol. The van der Waals surface area contributed by atoms with Crippen LogP contribution in [0.1, 0.15) is 27.2 Å². The number of amides is 1. The van der Waals surface area contributed by atoms with Crippen LogP contribution >= 0.6 is 0 Å². The number of carbonyl (C=O) groups is 1. The molecule has 2 aromatic carbocycles. The van der Waals surface area contributed by atoms with Crippen molar-refractivity contribution in [2.24, 2.45) is 5.10 Å². The van der Waals surface area contributed by atoms with Crippen LogP contribution in [0.15, 0.2) is 59.7 Å². The minimum atomic E-state index is -0.357. The van der Waals surface area contributed by atoms with Crippen LogP contribution in [0.25, 0.3) is 17.3 Å². The lowest BCUT2D eigenvalue weighted by Gasteiger charge is -2.02. The van der Waals surface area contributed by atoms with E-state index in [4.69, 9.17) is 4.74 Å². The molecule has 3 rings (SSSR count). The summed E-state index contributed by atoms with van der Waals surface area (Å²) in [6.45, 7) is 4.11. The molecule has 0 aliphatic carbocycles. The summed E-state index contributed by atoms with van der Waals surface area (Å²) in [5.74, 6) is 0.414. The van der Waals surface area contributed by atoms with Crippen molar-refractivity contribution in [2.75, 3.05) is 7.11 Å². The second-order valence-electron chi connectivity index (χ2n) is 6.29. The van der Waals surface area contributed by atoms with E-state index < -0.39 is 0 Å². The summed E-state index contributed by atoms with van der Waals surface area (Å²) >= 11 is 0. The number of nitrogens with zero attached hydrogens (tertiary/aromatic N) is 2. The lowest BCUT2D eigenvalue weighted by Crippen LogP contribution is -2.17. The molecule has 1 amide bonds. The Morgan fingerprint density at radius 2 is 1.96 bits per heavy atom. The van der Waals surface area contributed by atoms with Crippen LogP contribution in [0, 0.1) is 13.8 Å². The van der Waals surface area contributed by atoms with Crippen molar-refractivity contribution in [3.05, 3.63) is 77.0 Å². The van der Waals surface area contributed by atoms with Gasteiger partial charge in [-0.2, -0.15) is 10.2 Å². The van der Waals surface area contributed by atoms with Crippen molar-refractivity contribution in [2.45, 2.75) is 13.8 Å². The summed E-state index contributed by atoms with van der Waals surface area (Å²) in [6.07, 6.45) is 5.08. The van der Waals surface area contributed by atoms with Crippen LogP contribution in [0.3, 0.4) is 0 Å². The van der Waals surface area contributed by atoms with Gasteiger partial charge in [-0.1, -0.05) is 30.3 Å². The summed E-state index contributed by atoms with van der Waals surface area (Å²) in [4.78, 5) is 12.2. The molecule has 0 unspecified atom stereocenters. The zero-order valence-corrected chi connectivity index (χ0v) is 16.1. The number of H-pyrrole nitrogens is 1.